The Morgan fingerprint density at radius 3 is 2.90 bits per heavy atom. The van der Waals surface area contributed by atoms with Crippen LogP contribution < -0.4 is 5.32 Å². The van der Waals surface area contributed by atoms with Gasteiger partial charge in [0.25, 0.3) is 0 Å². The number of piperidine rings is 1. The number of anilines is 1. The number of hydrogen-bond acceptors (Lipinski definition) is 4. The molecular formula is C14H20BrN5. The maximum atomic E-state index is 4.48. The highest BCUT2D eigenvalue weighted by atomic mass is 79.9. The van der Waals surface area contributed by atoms with Gasteiger partial charge in [0.1, 0.15) is 5.52 Å². The second-order valence-electron chi connectivity index (χ2n) is 5.64. The molecule has 0 spiro atoms. The van der Waals surface area contributed by atoms with E-state index in [4.69, 9.17) is 0 Å². The molecule has 2 aromatic rings. The molecule has 0 aliphatic carbocycles. The molecule has 5 nitrogen and oxygen atoms in total. The molecule has 1 unspecified atom stereocenters. The summed E-state index contributed by atoms with van der Waals surface area (Å²) in [6.07, 6.45) is 7.95. The van der Waals surface area contributed by atoms with Crippen LogP contribution in [0.2, 0.25) is 0 Å². The van der Waals surface area contributed by atoms with Gasteiger partial charge >= 0.3 is 0 Å². The predicted octanol–water partition coefficient (Wildman–Crippen LogP) is 2.63. The fourth-order valence-corrected chi connectivity index (χ4v) is 3.34. The minimum absolute atomic E-state index is 0.421. The molecule has 1 fully saturated rings. The number of nitrogens with zero attached hydrogens (tertiary/aromatic N) is 4. The Hall–Kier alpha value is -1.14. The van der Waals surface area contributed by atoms with Crippen LogP contribution in [0.15, 0.2) is 23.1 Å². The number of aromatic nitrogens is 3. The number of likely N-dealkylation sites (tertiary alicyclic amines) is 1. The van der Waals surface area contributed by atoms with Crippen LogP contribution in [-0.4, -0.2) is 45.7 Å². The standard InChI is InChI=1S/C14H20BrN5/c1-10(11-3-6-19(2)7-4-11)18-14-13-12(15)9-17-20(13)8-5-16-14/h5,8-11H,3-4,6-7H2,1-2H3,(H,16,18). The lowest BCUT2D eigenvalue weighted by Gasteiger charge is -2.33. The van der Waals surface area contributed by atoms with Crippen LogP contribution in [0.3, 0.4) is 0 Å². The summed E-state index contributed by atoms with van der Waals surface area (Å²) in [5.74, 6) is 1.61. The highest BCUT2D eigenvalue weighted by Crippen LogP contribution is 2.27. The molecule has 0 aromatic carbocycles. The molecule has 0 saturated carbocycles. The SMILES string of the molecule is CC(Nc1nccn2ncc(Br)c12)C1CCN(C)CC1. The van der Waals surface area contributed by atoms with E-state index in [0.717, 1.165) is 15.8 Å². The number of rotatable bonds is 3. The first-order valence-corrected chi connectivity index (χ1v) is 7.87. The summed E-state index contributed by atoms with van der Waals surface area (Å²) in [5, 5.41) is 7.87. The van der Waals surface area contributed by atoms with Crippen molar-refractivity contribution in [3.05, 3.63) is 23.1 Å². The Morgan fingerprint density at radius 2 is 2.15 bits per heavy atom. The van der Waals surface area contributed by atoms with E-state index in [-0.39, 0.29) is 0 Å². The lowest BCUT2D eigenvalue weighted by atomic mass is 9.90. The predicted molar refractivity (Wildman–Crippen MR) is 84.0 cm³/mol. The zero-order valence-electron chi connectivity index (χ0n) is 11.9. The Labute approximate surface area is 127 Å². The molecule has 0 bridgehead atoms. The molecule has 1 aliphatic heterocycles. The largest absolute Gasteiger partial charge is 0.366 e. The molecule has 0 amide bonds. The third-order valence-corrected chi connectivity index (χ3v) is 4.80. The van der Waals surface area contributed by atoms with Crippen molar-refractivity contribution in [1.82, 2.24) is 19.5 Å². The van der Waals surface area contributed by atoms with Crippen molar-refractivity contribution in [3.8, 4) is 0 Å². The summed E-state index contributed by atoms with van der Waals surface area (Å²) < 4.78 is 2.82. The normalized spacial score (nSPS) is 19.4. The van der Waals surface area contributed by atoms with Crippen LogP contribution in [0.5, 0.6) is 0 Å². The molecular weight excluding hydrogens is 318 g/mol. The molecule has 2 aromatic heterocycles. The fraction of sp³-hybridized carbons (Fsp3) is 0.571. The van der Waals surface area contributed by atoms with Gasteiger partial charge in [-0.25, -0.2) is 9.50 Å². The number of fused-ring (bicyclic) bond motifs is 1. The Morgan fingerprint density at radius 1 is 1.40 bits per heavy atom. The smallest absolute Gasteiger partial charge is 0.153 e. The van der Waals surface area contributed by atoms with Gasteiger partial charge in [0.15, 0.2) is 5.82 Å². The van der Waals surface area contributed by atoms with Crippen LogP contribution >= 0.6 is 15.9 Å². The maximum Gasteiger partial charge on any atom is 0.153 e. The van der Waals surface area contributed by atoms with Crippen molar-refractivity contribution in [2.75, 3.05) is 25.5 Å². The van der Waals surface area contributed by atoms with E-state index < -0.39 is 0 Å². The van der Waals surface area contributed by atoms with Crippen LogP contribution in [0.25, 0.3) is 5.52 Å². The van der Waals surface area contributed by atoms with Crippen LogP contribution in [0, 0.1) is 5.92 Å². The van der Waals surface area contributed by atoms with E-state index in [2.05, 4.69) is 50.2 Å². The third kappa shape index (κ3) is 2.67. The molecule has 3 heterocycles. The second-order valence-corrected chi connectivity index (χ2v) is 6.49. The van der Waals surface area contributed by atoms with Gasteiger partial charge in [0.05, 0.1) is 10.7 Å². The number of halogens is 1. The third-order valence-electron chi connectivity index (χ3n) is 4.22. The van der Waals surface area contributed by atoms with Gasteiger partial charge in [-0.15, -0.1) is 0 Å². The van der Waals surface area contributed by atoms with Gasteiger partial charge in [-0.1, -0.05) is 0 Å². The van der Waals surface area contributed by atoms with E-state index >= 15 is 0 Å². The van der Waals surface area contributed by atoms with E-state index in [0.29, 0.717) is 12.0 Å². The summed E-state index contributed by atoms with van der Waals surface area (Å²) >= 11 is 3.54. The maximum absolute atomic E-state index is 4.48. The molecule has 6 heteroatoms. The summed E-state index contributed by atoms with van der Waals surface area (Å²) in [7, 11) is 2.19. The summed E-state index contributed by atoms with van der Waals surface area (Å²) in [6.45, 7) is 4.63. The van der Waals surface area contributed by atoms with Gasteiger partial charge < -0.3 is 10.2 Å². The minimum Gasteiger partial charge on any atom is -0.366 e. The molecule has 0 radical (unpaired) electrons. The lowest BCUT2D eigenvalue weighted by Crippen LogP contribution is -2.37. The van der Waals surface area contributed by atoms with E-state index in [9.17, 15) is 0 Å². The summed E-state index contributed by atoms with van der Waals surface area (Å²) in [5.41, 5.74) is 1.01. The molecule has 1 saturated heterocycles. The molecule has 108 valence electrons. The van der Waals surface area contributed by atoms with Crippen molar-refractivity contribution in [2.45, 2.75) is 25.8 Å². The fourth-order valence-electron chi connectivity index (χ4n) is 2.88. The first-order valence-electron chi connectivity index (χ1n) is 7.08. The van der Waals surface area contributed by atoms with Gasteiger partial charge in [-0.3, -0.25) is 0 Å². The Bertz CT molecular complexity index is 588. The van der Waals surface area contributed by atoms with E-state index in [1.54, 1.807) is 6.20 Å². The molecule has 20 heavy (non-hydrogen) atoms. The zero-order chi connectivity index (χ0) is 14.1. The lowest BCUT2D eigenvalue weighted by molar-refractivity contribution is 0.208. The first kappa shape index (κ1) is 13.8. The van der Waals surface area contributed by atoms with Crippen molar-refractivity contribution in [1.29, 1.82) is 0 Å². The highest BCUT2D eigenvalue weighted by Gasteiger charge is 2.23. The van der Waals surface area contributed by atoms with Crippen molar-refractivity contribution in [3.63, 3.8) is 0 Å². The second kappa shape index (κ2) is 5.69. The first-order chi connectivity index (χ1) is 9.65. The zero-order valence-corrected chi connectivity index (χ0v) is 13.5. The van der Waals surface area contributed by atoms with Gasteiger partial charge in [0, 0.05) is 18.4 Å². The summed E-state index contributed by atoms with van der Waals surface area (Å²) in [4.78, 5) is 6.88. The van der Waals surface area contributed by atoms with Crippen LogP contribution in [0.4, 0.5) is 5.82 Å². The quantitative estimate of drug-likeness (QED) is 0.935. The molecule has 3 rings (SSSR count). The molecule has 1 aliphatic rings. The Kier molecular flexibility index (Phi) is 3.94. The van der Waals surface area contributed by atoms with E-state index in [1.165, 1.54) is 25.9 Å². The topological polar surface area (TPSA) is 45.5 Å². The minimum atomic E-state index is 0.421. The van der Waals surface area contributed by atoms with Gasteiger partial charge in [-0.2, -0.15) is 5.10 Å². The average molecular weight is 338 g/mol. The van der Waals surface area contributed by atoms with E-state index in [1.807, 2.05) is 16.9 Å². The Balaban J connectivity index is 1.77. The van der Waals surface area contributed by atoms with Crippen LogP contribution in [-0.2, 0) is 0 Å². The molecule has 1 N–H and O–H groups in total. The van der Waals surface area contributed by atoms with Gasteiger partial charge in [-0.05, 0) is 61.8 Å². The summed E-state index contributed by atoms with van der Waals surface area (Å²) in [6, 6.07) is 0.421. The van der Waals surface area contributed by atoms with Gasteiger partial charge in [0.2, 0.25) is 0 Å². The number of hydrogen-bond donors (Lipinski definition) is 1. The van der Waals surface area contributed by atoms with Crippen molar-refractivity contribution in [2.24, 2.45) is 5.92 Å². The van der Waals surface area contributed by atoms with Crippen molar-refractivity contribution < 1.29 is 0 Å². The van der Waals surface area contributed by atoms with Crippen molar-refractivity contribution >= 4 is 27.3 Å². The number of nitrogens with one attached hydrogen (secondary N) is 1. The monoisotopic (exact) mass is 337 g/mol. The highest BCUT2D eigenvalue weighted by molar-refractivity contribution is 9.10. The van der Waals surface area contributed by atoms with Crippen LogP contribution in [0.1, 0.15) is 19.8 Å². The average Bonchev–Trinajstić information content (AvgIpc) is 2.82. The molecule has 1 atom stereocenters.